The lowest BCUT2D eigenvalue weighted by molar-refractivity contribution is 0.190. The zero-order valence-corrected chi connectivity index (χ0v) is 13.5. The smallest absolute Gasteiger partial charge is 0.0374 e. The van der Waals surface area contributed by atoms with E-state index in [9.17, 15) is 0 Å². The lowest BCUT2D eigenvalue weighted by atomic mass is 9.70. The normalized spacial score (nSPS) is 26.4. The van der Waals surface area contributed by atoms with E-state index in [1.54, 1.807) is 11.1 Å². The Morgan fingerprint density at radius 3 is 2.50 bits per heavy atom. The van der Waals surface area contributed by atoms with E-state index in [1.807, 2.05) is 0 Å². The Hall–Kier alpha value is -0.820. The van der Waals surface area contributed by atoms with E-state index in [2.05, 4.69) is 57.3 Å². The minimum atomic E-state index is 0.363. The number of aryl methyl sites for hydroxylation is 1. The summed E-state index contributed by atoms with van der Waals surface area (Å²) in [6.45, 7) is 10.8. The van der Waals surface area contributed by atoms with E-state index in [0.29, 0.717) is 16.9 Å². The van der Waals surface area contributed by atoms with Crippen LogP contribution in [-0.2, 0) is 6.42 Å². The van der Waals surface area contributed by atoms with Gasteiger partial charge in [-0.3, -0.25) is 0 Å². The largest absolute Gasteiger partial charge is 0.309 e. The van der Waals surface area contributed by atoms with Gasteiger partial charge in [0.15, 0.2) is 0 Å². The summed E-state index contributed by atoms with van der Waals surface area (Å²) < 4.78 is 0. The second-order valence-corrected chi connectivity index (χ2v) is 8.02. The molecule has 0 spiro atoms. The molecule has 0 radical (unpaired) electrons. The van der Waals surface area contributed by atoms with Crippen molar-refractivity contribution in [1.29, 1.82) is 0 Å². The van der Waals surface area contributed by atoms with Crippen molar-refractivity contribution in [3.8, 4) is 0 Å². The maximum absolute atomic E-state index is 3.95. The van der Waals surface area contributed by atoms with Gasteiger partial charge in [-0.05, 0) is 53.6 Å². The maximum Gasteiger partial charge on any atom is 0.0374 e. The second kappa shape index (κ2) is 4.87. The molecule has 0 bridgehead atoms. The van der Waals surface area contributed by atoms with Gasteiger partial charge in [0.1, 0.15) is 0 Å². The predicted octanol–water partition coefficient (Wildman–Crippen LogP) is 4.73. The van der Waals surface area contributed by atoms with Crippen LogP contribution in [0.2, 0.25) is 0 Å². The van der Waals surface area contributed by atoms with Crippen molar-refractivity contribution in [2.75, 3.05) is 6.54 Å². The Morgan fingerprint density at radius 2 is 1.85 bits per heavy atom. The van der Waals surface area contributed by atoms with Crippen molar-refractivity contribution >= 4 is 0 Å². The Labute approximate surface area is 124 Å². The minimum absolute atomic E-state index is 0.363. The SMILES string of the molecule is CC(C)C1(CNC2c3ccccc3CCC2(C)C)CC1. The van der Waals surface area contributed by atoms with Gasteiger partial charge in [-0.15, -0.1) is 0 Å². The summed E-state index contributed by atoms with van der Waals surface area (Å²) in [6, 6.07) is 9.55. The standard InChI is InChI=1S/C19H29N/c1-14(2)19(11-12-19)13-20-17-16-8-6-5-7-15(16)9-10-18(17,3)4/h5-8,14,17,20H,9-13H2,1-4H3. The average Bonchev–Trinajstić information content (AvgIpc) is 3.18. The van der Waals surface area contributed by atoms with Crippen LogP contribution in [0.4, 0.5) is 0 Å². The van der Waals surface area contributed by atoms with E-state index in [-0.39, 0.29) is 0 Å². The molecule has 1 atom stereocenters. The Bertz CT molecular complexity index is 482. The van der Waals surface area contributed by atoms with Crippen LogP contribution in [0.5, 0.6) is 0 Å². The molecule has 3 rings (SSSR count). The Balaban J connectivity index is 1.80. The van der Waals surface area contributed by atoms with Gasteiger partial charge in [-0.2, -0.15) is 0 Å². The fraction of sp³-hybridized carbons (Fsp3) is 0.684. The van der Waals surface area contributed by atoms with Gasteiger partial charge in [0.05, 0.1) is 0 Å². The summed E-state index contributed by atoms with van der Waals surface area (Å²) in [7, 11) is 0. The summed E-state index contributed by atoms with van der Waals surface area (Å²) in [6.07, 6.45) is 5.34. The quantitative estimate of drug-likeness (QED) is 0.835. The Morgan fingerprint density at radius 1 is 1.15 bits per heavy atom. The van der Waals surface area contributed by atoms with Crippen molar-refractivity contribution in [2.45, 2.75) is 59.4 Å². The van der Waals surface area contributed by atoms with E-state index in [1.165, 1.54) is 32.2 Å². The maximum atomic E-state index is 3.95. The van der Waals surface area contributed by atoms with Crippen molar-refractivity contribution in [3.05, 3.63) is 35.4 Å². The van der Waals surface area contributed by atoms with Crippen molar-refractivity contribution in [1.82, 2.24) is 5.32 Å². The highest BCUT2D eigenvalue weighted by atomic mass is 15.0. The van der Waals surface area contributed by atoms with Crippen LogP contribution in [0.15, 0.2) is 24.3 Å². The molecule has 1 heteroatoms. The molecule has 110 valence electrons. The van der Waals surface area contributed by atoms with Crippen LogP contribution in [0.25, 0.3) is 0 Å². The van der Waals surface area contributed by atoms with Gasteiger partial charge in [0.2, 0.25) is 0 Å². The third-order valence-electron chi connectivity index (χ3n) is 5.96. The fourth-order valence-electron chi connectivity index (χ4n) is 3.88. The van der Waals surface area contributed by atoms with Gasteiger partial charge in [-0.25, -0.2) is 0 Å². The zero-order valence-electron chi connectivity index (χ0n) is 13.5. The molecule has 0 aromatic heterocycles. The first-order valence-electron chi connectivity index (χ1n) is 8.26. The van der Waals surface area contributed by atoms with Crippen LogP contribution in [0, 0.1) is 16.7 Å². The summed E-state index contributed by atoms with van der Waals surface area (Å²) in [5.41, 5.74) is 4.05. The van der Waals surface area contributed by atoms with Gasteiger partial charge >= 0.3 is 0 Å². The Kier molecular flexibility index (Phi) is 3.44. The van der Waals surface area contributed by atoms with E-state index >= 15 is 0 Å². The number of nitrogens with one attached hydrogen (secondary N) is 1. The number of hydrogen-bond donors (Lipinski definition) is 1. The van der Waals surface area contributed by atoms with Crippen LogP contribution < -0.4 is 5.32 Å². The molecule has 1 unspecified atom stereocenters. The molecular formula is C19H29N. The van der Waals surface area contributed by atoms with Crippen molar-refractivity contribution in [3.63, 3.8) is 0 Å². The van der Waals surface area contributed by atoms with Crippen molar-refractivity contribution < 1.29 is 0 Å². The topological polar surface area (TPSA) is 12.0 Å². The molecule has 0 amide bonds. The molecule has 2 aliphatic rings. The highest BCUT2D eigenvalue weighted by Gasteiger charge is 2.46. The number of rotatable bonds is 4. The summed E-state index contributed by atoms with van der Waals surface area (Å²) in [4.78, 5) is 0. The monoisotopic (exact) mass is 271 g/mol. The lowest BCUT2D eigenvalue weighted by Gasteiger charge is -2.41. The molecule has 1 N–H and O–H groups in total. The number of benzene rings is 1. The van der Waals surface area contributed by atoms with E-state index in [4.69, 9.17) is 0 Å². The van der Waals surface area contributed by atoms with E-state index < -0.39 is 0 Å². The molecule has 0 saturated heterocycles. The third-order valence-corrected chi connectivity index (χ3v) is 5.96. The average molecular weight is 271 g/mol. The first kappa shape index (κ1) is 14.1. The van der Waals surface area contributed by atoms with Crippen LogP contribution >= 0.6 is 0 Å². The third kappa shape index (κ3) is 2.41. The van der Waals surface area contributed by atoms with Gasteiger partial charge < -0.3 is 5.32 Å². The molecule has 1 saturated carbocycles. The van der Waals surface area contributed by atoms with Crippen LogP contribution in [0.3, 0.4) is 0 Å². The number of fused-ring (bicyclic) bond motifs is 1. The lowest BCUT2D eigenvalue weighted by Crippen LogP contribution is -2.41. The highest BCUT2D eigenvalue weighted by Crippen LogP contribution is 2.52. The number of hydrogen-bond acceptors (Lipinski definition) is 1. The molecule has 1 nitrogen and oxygen atoms in total. The molecule has 1 aromatic carbocycles. The van der Waals surface area contributed by atoms with Gasteiger partial charge in [-0.1, -0.05) is 52.0 Å². The predicted molar refractivity (Wildman–Crippen MR) is 85.8 cm³/mol. The molecule has 0 heterocycles. The highest BCUT2D eigenvalue weighted by molar-refractivity contribution is 5.34. The van der Waals surface area contributed by atoms with E-state index in [0.717, 1.165) is 5.92 Å². The molecular weight excluding hydrogens is 242 g/mol. The minimum Gasteiger partial charge on any atom is -0.309 e. The van der Waals surface area contributed by atoms with Gasteiger partial charge in [0, 0.05) is 12.6 Å². The van der Waals surface area contributed by atoms with Crippen molar-refractivity contribution in [2.24, 2.45) is 16.7 Å². The zero-order chi connectivity index (χ0) is 14.4. The molecule has 1 fully saturated rings. The second-order valence-electron chi connectivity index (χ2n) is 8.02. The summed E-state index contributed by atoms with van der Waals surface area (Å²) in [5, 5.41) is 3.95. The summed E-state index contributed by atoms with van der Waals surface area (Å²) >= 11 is 0. The van der Waals surface area contributed by atoms with Crippen LogP contribution in [0.1, 0.15) is 64.1 Å². The van der Waals surface area contributed by atoms with Gasteiger partial charge in [0.25, 0.3) is 0 Å². The molecule has 2 aliphatic carbocycles. The van der Waals surface area contributed by atoms with Crippen LogP contribution in [-0.4, -0.2) is 6.54 Å². The molecule has 20 heavy (non-hydrogen) atoms. The first-order chi connectivity index (χ1) is 9.45. The molecule has 1 aromatic rings. The fourth-order valence-corrected chi connectivity index (χ4v) is 3.88. The first-order valence-corrected chi connectivity index (χ1v) is 8.26. The molecule has 0 aliphatic heterocycles. The summed E-state index contributed by atoms with van der Waals surface area (Å²) in [5.74, 6) is 0.803.